The fraction of sp³-hybridized carbons (Fsp3) is 1.00. The summed E-state index contributed by atoms with van der Waals surface area (Å²) in [6.07, 6.45) is 7.08. The Hall–Kier alpha value is -0.120. The van der Waals surface area contributed by atoms with E-state index in [-0.39, 0.29) is 0 Å². The average molecular weight is 268 g/mol. The van der Waals surface area contributed by atoms with E-state index in [1.54, 1.807) is 0 Å². The van der Waals surface area contributed by atoms with Crippen molar-refractivity contribution in [1.29, 1.82) is 0 Å². The molecule has 3 nitrogen and oxygen atoms in total. The van der Waals surface area contributed by atoms with Crippen molar-refractivity contribution in [3.05, 3.63) is 0 Å². The molecule has 1 aliphatic heterocycles. The Balaban J connectivity index is 1.68. The smallest absolute Gasteiger partial charge is 0.0658 e. The van der Waals surface area contributed by atoms with Crippen LogP contribution >= 0.6 is 0 Å². The number of likely N-dealkylation sites (tertiary alicyclic amines) is 1. The topological polar surface area (TPSA) is 24.5 Å². The third-order valence-corrected chi connectivity index (χ3v) is 5.38. The molecule has 112 valence electrons. The maximum Gasteiger partial charge on any atom is 0.0658 e. The van der Waals surface area contributed by atoms with Gasteiger partial charge in [0, 0.05) is 31.2 Å². The largest absolute Gasteiger partial charge is 0.378 e. The minimum atomic E-state index is 0.345. The first kappa shape index (κ1) is 15.3. The Morgan fingerprint density at radius 1 is 1.21 bits per heavy atom. The van der Waals surface area contributed by atoms with Gasteiger partial charge in [0.25, 0.3) is 0 Å². The summed E-state index contributed by atoms with van der Waals surface area (Å²) >= 11 is 0. The minimum absolute atomic E-state index is 0.345. The average Bonchev–Trinajstić information content (AvgIpc) is 2.45. The SMILES string of the molecule is CCOC1CC(NCCN2CCCCC2)C1(C)CC. The van der Waals surface area contributed by atoms with E-state index in [1.165, 1.54) is 51.7 Å². The third-order valence-electron chi connectivity index (χ3n) is 5.38. The second-order valence-corrected chi connectivity index (χ2v) is 6.45. The number of hydrogen-bond acceptors (Lipinski definition) is 3. The van der Waals surface area contributed by atoms with Crippen LogP contribution in [-0.2, 0) is 4.74 Å². The third kappa shape index (κ3) is 3.50. The molecule has 1 aliphatic carbocycles. The van der Waals surface area contributed by atoms with Gasteiger partial charge < -0.3 is 15.0 Å². The van der Waals surface area contributed by atoms with Gasteiger partial charge in [-0.3, -0.25) is 0 Å². The van der Waals surface area contributed by atoms with E-state index in [1.807, 2.05) is 0 Å². The molecule has 1 heterocycles. The summed E-state index contributed by atoms with van der Waals surface area (Å²) in [6.45, 7) is 12.6. The molecule has 0 aromatic rings. The van der Waals surface area contributed by atoms with Gasteiger partial charge in [-0.25, -0.2) is 0 Å². The summed E-state index contributed by atoms with van der Waals surface area (Å²) in [5.41, 5.74) is 0.345. The fourth-order valence-electron chi connectivity index (χ4n) is 3.65. The van der Waals surface area contributed by atoms with Crippen LogP contribution in [0.15, 0.2) is 0 Å². The molecule has 3 unspecified atom stereocenters. The molecular weight excluding hydrogens is 236 g/mol. The molecule has 0 spiro atoms. The molecule has 19 heavy (non-hydrogen) atoms. The normalized spacial score (nSPS) is 36.2. The van der Waals surface area contributed by atoms with Crippen molar-refractivity contribution >= 4 is 0 Å². The fourth-order valence-corrected chi connectivity index (χ4v) is 3.65. The highest BCUT2D eigenvalue weighted by molar-refractivity contribution is 5.04. The van der Waals surface area contributed by atoms with Crippen molar-refractivity contribution in [3.8, 4) is 0 Å². The summed E-state index contributed by atoms with van der Waals surface area (Å²) in [7, 11) is 0. The van der Waals surface area contributed by atoms with Gasteiger partial charge in [0.15, 0.2) is 0 Å². The summed E-state index contributed by atoms with van der Waals surface area (Å²) in [5, 5.41) is 3.77. The number of hydrogen-bond donors (Lipinski definition) is 1. The molecule has 2 rings (SSSR count). The van der Waals surface area contributed by atoms with E-state index in [9.17, 15) is 0 Å². The predicted octanol–water partition coefficient (Wildman–Crippen LogP) is 2.66. The Morgan fingerprint density at radius 2 is 1.95 bits per heavy atom. The molecule has 0 bridgehead atoms. The lowest BCUT2D eigenvalue weighted by Gasteiger charge is -2.54. The molecule has 0 aromatic heterocycles. The predicted molar refractivity (Wildman–Crippen MR) is 80.5 cm³/mol. The Bertz CT molecular complexity index is 265. The number of ether oxygens (including phenoxy) is 1. The lowest BCUT2D eigenvalue weighted by Crippen LogP contribution is -2.62. The molecule has 1 N–H and O–H groups in total. The van der Waals surface area contributed by atoms with E-state index < -0.39 is 0 Å². The van der Waals surface area contributed by atoms with Gasteiger partial charge in [-0.15, -0.1) is 0 Å². The lowest BCUT2D eigenvalue weighted by molar-refractivity contribution is -0.125. The van der Waals surface area contributed by atoms with Gasteiger partial charge in [0.1, 0.15) is 0 Å². The van der Waals surface area contributed by atoms with Crippen LogP contribution in [0.1, 0.15) is 52.9 Å². The maximum atomic E-state index is 5.86. The molecule has 0 amide bonds. The van der Waals surface area contributed by atoms with Crippen LogP contribution < -0.4 is 5.32 Å². The zero-order valence-electron chi connectivity index (χ0n) is 13.1. The van der Waals surface area contributed by atoms with Crippen molar-refractivity contribution < 1.29 is 4.74 Å². The first-order valence-electron chi connectivity index (χ1n) is 8.28. The van der Waals surface area contributed by atoms with Crippen LogP contribution in [0.4, 0.5) is 0 Å². The van der Waals surface area contributed by atoms with Crippen molar-refractivity contribution in [2.45, 2.75) is 65.0 Å². The Kier molecular flexibility index (Phi) is 5.67. The van der Waals surface area contributed by atoms with Crippen LogP contribution in [0.25, 0.3) is 0 Å². The highest BCUT2D eigenvalue weighted by atomic mass is 16.5. The van der Waals surface area contributed by atoms with Gasteiger partial charge in [0.05, 0.1) is 6.10 Å². The Morgan fingerprint density at radius 3 is 2.58 bits per heavy atom. The van der Waals surface area contributed by atoms with Crippen LogP contribution in [0.2, 0.25) is 0 Å². The second-order valence-electron chi connectivity index (χ2n) is 6.45. The van der Waals surface area contributed by atoms with Gasteiger partial charge in [-0.05, 0) is 45.7 Å². The zero-order chi connectivity index (χ0) is 13.7. The standard InChI is InChI=1S/C16H32N2O/c1-4-16(3)14(13-15(16)19-5-2)17-9-12-18-10-7-6-8-11-18/h14-15,17H,4-13H2,1-3H3. The van der Waals surface area contributed by atoms with Gasteiger partial charge in [-0.2, -0.15) is 0 Å². The van der Waals surface area contributed by atoms with E-state index in [0.29, 0.717) is 17.6 Å². The second kappa shape index (κ2) is 7.05. The molecule has 3 atom stereocenters. The Labute approximate surface area is 119 Å². The monoisotopic (exact) mass is 268 g/mol. The van der Waals surface area contributed by atoms with Gasteiger partial charge in [0.2, 0.25) is 0 Å². The molecule has 0 aromatic carbocycles. The van der Waals surface area contributed by atoms with Crippen molar-refractivity contribution in [1.82, 2.24) is 10.2 Å². The molecular formula is C16H32N2O. The van der Waals surface area contributed by atoms with E-state index in [4.69, 9.17) is 4.74 Å². The van der Waals surface area contributed by atoms with Crippen molar-refractivity contribution in [2.75, 3.05) is 32.8 Å². The van der Waals surface area contributed by atoms with E-state index >= 15 is 0 Å². The van der Waals surface area contributed by atoms with Crippen LogP contribution in [0.3, 0.4) is 0 Å². The number of nitrogens with zero attached hydrogens (tertiary/aromatic N) is 1. The van der Waals surface area contributed by atoms with Crippen LogP contribution in [0.5, 0.6) is 0 Å². The quantitative estimate of drug-likeness (QED) is 0.768. The molecule has 1 saturated heterocycles. The van der Waals surface area contributed by atoms with Crippen LogP contribution in [-0.4, -0.2) is 49.8 Å². The highest BCUT2D eigenvalue weighted by Crippen LogP contribution is 2.45. The zero-order valence-corrected chi connectivity index (χ0v) is 13.1. The number of nitrogens with one attached hydrogen (secondary N) is 1. The van der Waals surface area contributed by atoms with Crippen molar-refractivity contribution in [2.24, 2.45) is 5.41 Å². The number of rotatable bonds is 7. The molecule has 2 aliphatic rings. The van der Waals surface area contributed by atoms with Gasteiger partial charge in [-0.1, -0.05) is 20.3 Å². The van der Waals surface area contributed by atoms with E-state index in [2.05, 4.69) is 31.0 Å². The highest BCUT2D eigenvalue weighted by Gasteiger charge is 2.50. The molecule has 3 heteroatoms. The first-order chi connectivity index (χ1) is 9.20. The minimum Gasteiger partial charge on any atom is -0.378 e. The van der Waals surface area contributed by atoms with E-state index in [0.717, 1.165) is 13.2 Å². The summed E-state index contributed by atoms with van der Waals surface area (Å²) in [5.74, 6) is 0. The lowest BCUT2D eigenvalue weighted by atomic mass is 9.61. The maximum absolute atomic E-state index is 5.86. The summed E-state index contributed by atoms with van der Waals surface area (Å²) < 4.78 is 5.86. The van der Waals surface area contributed by atoms with Crippen molar-refractivity contribution in [3.63, 3.8) is 0 Å². The van der Waals surface area contributed by atoms with Crippen LogP contribution in [0, 0.1) is 5.41 Å². The first-order valence-corrected chi connectivity index (χ1v) is 8.28. The molecule has 1 saturated carbocycles. The summed E-state index contributed by atoms with van der Waals surface area (Å²) in [6, 6.07) is 0.652. The van der Waals surface area contributed by atoms with Gasteiger partial charge >= 0.3 is 0 Å². The molecule has 2 fully saturated rings. The summed E-state index contributed by atoms with van der Waals surface area (Å²) in [4.78, 5) is 2.61. The number of piperidine rings is 1. The molecule has 0 radical (unpaired) electrons.